The molecular formula is C23H34N3O2S+. The molecular weight excluding hydrogens is 382 g/mol. The average Bonchev–Trinajstić information content (AvgIpc) is 2.69. The number of hydrogen-bond acceptors (Lipinski definition) is 3. The summed E-state index contributed by atoms with van der Waals surface area (Å²) in [6.07, 6.45) is 1.06. The van der Waals surface area contributed by atoms with Crippen LogP contribution in [-0.4, -0.2) is 50.9 Å². The lowest BCUT2D eigenvalue weighted by molar-refractivity contribution is -0.858. The molecule has 2 rings (SSSR count). The van der Waals surface area contributed by atoms with Crippen molar-refractivity contribution in [2.24, 2.45) is 0 Å². The molecule has 6 heteroatoms. The topological polar surface area (TPSA) is 38.2 Å². The lowest BCUT2D eigenvalue weighted by Crippen LogP contribution is -3.05. The van der Waals surface area contributed by atoms with Crippen molar-refractivity contribution in [3.63, 3.8) is 0 Å². The van der Waals surface area contributed by atoms with Crippen LogP contribution in [0.5, 0.6) is 11.5 Å². The van der Waals surface area contributed by atoms with Gasteiger partial charge in [0.2, 0.25) is 0 Å². The van der Waals surface area contributed by atoms with E-state index in [0.717, 1.165) is 47.4 Å². The Balaban J connectivity index is 2.14. The normalized spacial score (nSPS) is 10.7. The number of ether oxygens (including phenoxy) is 2. The maximum absolute atomic E-state index is 5.75. The first-order valence-electron chi connectivity index (χ1n) is 10.1. The van der Waals surface area contributed by atoms with Crippen molar-refractivity contribution in [1.29, 1.82) is 0 Å². The number of thiocarbonyl (C=S) groups is 1. The molecule has 2 aromatic carbocycles. The van der Waals surface area contributed by atoms with E-state index in [1.165, 1.54) is 10.5 Å². The van der Waals surface area contributed by atoms with Crippen molar-refractivity contribution >= 4 is 23.0 Å². The molecule has 0 heterocycles. The van der Waals surface area contributed by atoms with Gasteiger partial charge >= 0.3 is 0 Å². The van der Waals surface area contributed by atoms with Gasteiger partial charge in [-0.3, -0.25) is 0 Å². The van der Waals surface area contributed by atoms with Crippen LogP contribution in [0.4, 0.5) is 5.69 Å². The van der Waals surface area contributed by atoms with Gasteiger partial charge in [-0.15, -0.1) is 0 Å². The summed E-state index contributed by atoms with van der Waals surface area (Å²) in [4.78, 5) is 3.65. The van der Waals surface area contributed by atoms with Crippen LogP contribution in [0.1, 0.15) is 24.5 Å². The summed E-state index contributed by atoms with van der Waals surface area (Å²) in [5.41, 5.74) is 3.37. The van der Waals surface area contributed by atoms with Gasteiger partial charge in [0.25, 0.3) is 0 Å². The summed E-state index contributed by atoms with van der Waals surface area (Å²) in [6, 6.07) is 14.4. The van der Waals surface area contributed by atoms with Crippen LogP contribution >= 0.6 is 12.2 Å². The highest BCUT2D eigenvalue weighted by Gasteiger charge is 2.14. The largest absolute Gasteiger partial charge is 0.493 e. The highest BCUT2D eigenvalue weighted by atomic mass is 32.1. The Hall–Kier alpha value is -2.31. The monoisotopic (exact) mass is 416 g/mol. The highest BCUT2D eigenvalue weighted by molar-refractivity contribution is 7.80. The minimum Gasteiger partial charge on any atom is -0.493 e. The van der Waals surface area contributed by atoms with Crippen molar-refractivity contribution in [3.8, 4) is 11.5 Å². The lowest BCUT2D eigenvalue weighted by Gasteiger charge is -2.26. The third-order valence-corrected chi connectivity index (χ3v) is 4.96. The first-order valence-corrected chi connectivity index (χ1v) is 10.5. The van der Waals surface area contributed by atoms with Crippen molar-refractivity contribution in [3.05, 3.63) is 53.6 Å². The highest BCUT2D eigenvalue weighted by Crippen LogP contribution is 2.28. The Morgan fingerprint density at radius 2 is 1.83 bits per heavy atom. The molecule has 2 N–H and O–H groups in total. The number of anilines is 1. The molecule has 0 unspecified atom stereocenters. The van der Waals surface area contributed by atoms with Gasteiger partial charge in [0.1, 0.15) is 0 Å². The molecule has 0 saturated heterocycles. The van der Waals surface area contributed by atoms with Crippen LogP contribution in [0.25, 0.3) is 0 Å². The van der Waals surface area contributed by atoms with Crippen LogP contribution in [0.2, 0.25) is 0 Å². The zero-order chi connectivity index (χ0) is 21.2. The predicted molar refractivity (Wildman–Crippen MR) is 124 cm³/mol. The maximum Gasteiger partial charge on any atom is 0.173 e. The molecule has 0 spiro atoms. The molecule has 0 radical (unpaired) electrons. The quantitative estimate of drug-likeness (QED) is 0.582. The second-order valence-corrected chi connectivity index (χ2v) is 7.83. The van der Waals surface area contributed by atoms with Crippen molar-refractivity contribution < 1.29 is 14.4 Å². The van der Waals surface area contributed by atoms with Crippen LogP contribution in [0, 0.1) is 6.92 Å². The van der Waals surface area contributed by atoms with Gasteiger partial charge in [-0.25, -0.2) is 0 Å². The Morgan fingerprint density at radius 3 is 2.45 bits per heavy atom. The maximum atomic E-state index is 5.75. The van der Waals surface area contributed by atoms with E-state index in [0.29, 0.717) is 13.2 Å². The van der Waals surface area contributed by atoms with Crippen LogP contribution in [0.3, 0.4) is 0 Å². The smallest absolute Gasteiger partial charge is 0.173 e. The molecule has 0 saturated carbocycles. The zero-order valence-corrected chi connectivity index (χ0v) is 19.1. The number of quaternary nitrogens is 1. The minimum absolute atomic E-state index is 0.610. The van der Waals surface area contributed by atoms with Crippen molar-refractivity contribution in [1.82, 2.24) is 4.90 Å². The molecule has 2 aromatic rings. The Morgan fingerprint density at radius 1 is 1.10 bits per heavy atom. The van der Waals surface area contributed by atoms with Gasteiger partial charge in [0, 0.05) is 25.2 Å². The van der Waals surface area contributed by atoms with Gasteiger partial charge in [-0.1, -0.05) is 23.8 Å². The number of benzene rings is 2. The van der Waals surface area contributed by atoms with E-state index < -0.39 is 0 Å². The summed E-state index contributed by atoms with van der Waals surface area (Å²) >= 11 is 5.75. The number of aryl methyl sites for hydroxylation is 1. The molecule has 0 fully saturated rings. The summed E-state index contributed by atoms with van der Waals surface area (Å²) in [7, 11) is 6.01. The van der Waals surface area contributed by atoms with E-state index in [-0.39, 0.29) is 0 Å². The fraction of sp³-hybridized carbons (Fsp3) is 0.435. The Labute approximate surface area is 180 Å². The van der Waals surface area contributed by atoms with Gasteiger partial charge < -0.3 is 24.6 Å². The SMILES string of the molecule is CCOc1ccc(CN(CCC[NH+](C)C)C(=S)Nc2ccc(C)cc2)cc1OC. The van der Waals surface area contributed by atoms with E-state index in [1.54, 1.807) is 7.11 Å². The fourth-order valence-electron chi connectivity index (χ4n) is 3.02. The number of nitrogens with zero attached hydrogens (tertiary/aromatic N) is 1. The fourth-order valence-corrected chi connectivity index (χ4v) is 3.29. The van der Waals surface area contributed by atoms with Crippen molar-refractivity contribution in [2.75, 3.05) is 46.2 Å². The molecule has 158 valence electrons. The van der Waals surface area contributed by atoms with E-state index in [2.05, 4.69) is 61.6 Å². The molecule has 0 aromatic heterocycles. The number of rotatable bonds is 10. The average molecular weight is 417 g/mol. The Kier molecular flexibility index (Phi) is 9.22. The zero-order valence-electron chi connectivity index (χ0n) is 18.2. The summed E-state index contributed by atoms with van der Waals surface area (Å²) < 4.78 is 11.1. The molecule has 0 bridgehead atoms. The van der Waals surface area contributed by atoms with Crippen molar-refractivity contribution in [2.45, 2.75) is 26.8 Å². The third kappa shape index (κ3) is 7.55. The van der Waals surface area contributed by atoms with Crippen LogP contribution in [0.15, 0.2) is 42.5 Å². The molecule has 0 aliphatic heterocycles. The van der Waals surface area contributed by atoms with E-state index >= 15 is 0 Å². The molecule has 0 aliphatic carbocycles. The second kappa shape index (κ2) is 11.6. The number of hydrogen-bond donors (Lipinski definition) is 2. The first kappa shape index (κ1) is 23.0. The van der Waals surface area contributed by atoms with E-state index in [1.807, 2.05) is 19.1 Å². The summed E-state index contributed by atoms with van der Waals surface area (Å²) in [5.74, 6) is 1.52. The third-order valence-electron chi connectivity index (χ3n) is 4.60. The minimum atomic E-state index is 0.610. The summed E-state index contributed by atoms with van der Waals surface area (Å²) in [6.45, 7) is 7.35. The first-order chi connectivity index (χ1) is 13.9. The van der Waals surface area contributed by atoms with Crippen LogP contribution in [-0.2, 0) is 6.54 Å². The van der Waals surface area contributed by atoms with Gasteiger partial charge in [0.05, 0.1) is 34.4 Å². The van der Waals surface area contributed by atoms with E-state index in [9.17, 15) is 0 Å². The molecule has 29 heavy (non-hydrogen) atoms. The molecule has 5 nitrogen and oxygen atoms in total. The number of nitrogens with one attached hydrogen (secondary N) is 2. The summed E-state index contributed by atoms with van der Waals surface area (Å²) in [5, 5.41) is 4.11. The molecule has 0 aliphatic rings. The van der Waals surface area contributed by atoms with E-state index in [4.69, 9.17) is 21.7 Å². The molecule has 0 atom stereocenters. The molecule has 0 amide bonds. The Bertz CT molecular complexity index is 778. The standard InChI is InChI=1S/C23H33N3O2S/c1-6-28-21-13-10-19(16-22(21)27-5)17-26(15-7-14-25(3)4)23(29)24-20-11-8-18(2)9-12-20/h8-13,16H,6-7,14-15,17H2,1-5H3,(H,24,29)/p+1. The van der Waals surface area contributed by atoms with Gasteiger partial charge in [-0.05, 0) is 55.9 Å². The van der Waals surface area contributed by atoms with Gasteiger partial charge in [0.15, 0.2) is 16.6 Å². The number of methoxy groups -OCH3 is 1. The second-order valence-electron chi connectivity index (χ2n) is 7.45. The van der Waals surface area contributed by atoms with Crippen LogP contribution < -0.4 is 19.7 Å². The van der Waals surface area contributed by atoms with Gasteiger partial charge in [-0.2, -0.15) is 0 Å². The lowest BCUT2D eigenvalue weighted by atomic mass is 10.2. The predicted octanol–water partition coefficient (Wildman–Crippen LogP) is 3.14.